The summed E-state index contributed by atoms with van der Waals surface area (Å²) in [6, 6.07) is 1.70. The van der Waals surface area contributed by atoms with Crippen molar-refractivity contribution in [3.63, 3.8) is 0 Å². The van der Waals surface area contributed by atoms with Crippen molar-refractivity contribution in [1.82, 2.24) is 9.80 Å². The first-order chi connectivity index (χ1) is 9.61. The minimum absolute atomic E-state index is 0.00183. The van der Waals surface area contributed by atoms with Crippen LogP contribution >= 0.6 is 0 Å². The monoisotopic (exact) mass is 281 g/mol. The van der Waals surface area contributed by atoms with Gasteiger partial charge in [0.05, 0.1) is 19.2 Å². The first-order valence-electron chi connectivity index (χ1n) is 6.90. The highest BCUT2D eigenvalue weighted by atomic mass is 16.5. The van der Waals surface area contributed by atoms with Crippen LogP contribution in [0.2, 0.25) is 0 Å². The van der Waals surface area contributed by atoms with Crippen LogP contribution in [0.1, 0.15) is 25.7 Å². The van der Waals surface area contributed by atoms with Crippen molar-refractivity contribution >= 4 is 12.0 Å². The number of rotatable bonds is 3. The fraction of sp³-hybridized carbons (Fsp3) is 0.769. The molecule has 110 valence electrons. The molecule has 1 aliphatic carbocycles. The van der Waals surface area contributed by atoms with Gasteiger partial charge in [-0.15, -0.1) is 0 Å². The smallest absolute Gasteiger partial charge is 0.323 e. The number of ether oxygens (including phenoxy) is 1. The van der Waals surface area contributed by atoms with Gasteiger partial charge in [0, 0.05) is 12.6 Å². The van der Waals surface area contributed by atoms with Crippen molar-refractivity contribution in [3.8, 4) is 6.07 Å². The third-order valence-electron chi connectivity index (χ3n) is 3.80. The summed E-state index contributed by atoms with van der Waals surface area (Å²) in [4.78, 5) is 26.5. The molecule has 1 unspecified atom stereocenters. The summed E-state index contributed by atoms with van der Waals surface area (Å²) < 4.78 is 5.20. The molecule has 2 aliphatic rings. The second-order valence-corrected chi connectivity index (χ2v) is 5.18. The van der Waals surface area contributed by atoms with E-state index in [0.717, 1.165) is 25.7 Å². The van der Waals surface area contributed by atoms with E-state index in [2.05, 4.69) is 0 Å². The van der Waals surface area contributed by atoms with Crippen LogP contribution in [-0.4, -0.2) is 65.3 Å². The van der Waals surface area contributed by atoms with Gasteiger partial charge in [-0.1, -0.05) is 12.8 Å². The van der Waals surface area contributed by atoms with Crippen LogP contribution in [0, 0.1) is 11.3 Å². The van der Waals surface area contributed by atoms with Crippen molar-refractivity contribution < 1.29 is 19.4 Å². The summed E-state index contributed by atoms with van der Waals surface area (Å²) in [5.41, 5.74) is 0. The van der Waals surface area contributed by atoms with Gasteiger partial charge in [-0.05, 0) is 12.8 Å². The fourth-order valence-corrected chi connectivity index (χ4v) is 2.80. The molecule has 20 heavy (non-hydrogen) atoms. The first-order valence-corrected chi connectivity index (χ1v) is 6.90. The Morgan fingerprint density at radius 2 is 2.10 bits per heavy atom. The Hall–Kier alpha value is -1.81. The summed E-state index contributed by atoms with van der Waals surface area (Å²) in [5.74, 6) is -1.00. The number of hydrogen-bond acceptors (Lipinski definition) is 4. The van der Waals surface area contributed by atoms with E-state index in [1.807, 2.05) is 6.07 Å². The molecule has 1 N–H and O–H groups in total. The molecule has 1 saturated heterocycles. The molecule has 0 aromatic carbocycles. The van der Waals surface area contributed by atoms with Crippen LogP contribution in [0.3, 0.4) is 0 Å². The van der Waals surface area contributed by atoms with E-state index in [1.165, 1.54) is 9.80 Å². The molecular formula is C13H19N3O4. The number of carboxylic acid groups (broad SMARTS) is 1. The first kappa shape index (κ1) is 14.6. The average molecular weight is 281 g/mol. The number of amides is 2. The van der Waals surface area contributed by atoms with E-state index in [-0.39, 0.29) is 25.2 Å². The standard InChI is InChI=1S/C13H19N3O4/c14-7-11-8-15(5-6-20-11)13(19)16(9-12(17)18)10-3-1-2-4-10/h10-11H,1-6,8-9H2,(H,17,18). The minimum atomic E-state index is -1.00. The third kappa shape index (κ3) is 3.39. The predicted octanol–water partition coefficient (Wildman–Crippen LogP) is 0.660. The van der Waals surface area contributed by atoms with E-state index in [4.69, 9.17) is 15.1 Å². The maximum Gasteiger partial charge on any atom is 0.323 e. The summed E-state index contributed by atoms with van der Waals surface area (Å²) in [6.45, 7) is 0.644. The molecule has 7 heteroatoms. The molecule has 2 rings (SSSR count). The number of morpholine rings is 1. The summed E-state index contributed by atoms with van der Waals surface area (Å²) in [6.07, 6.45) is 3.13. The molecule has 1 aliphatic heterocycles. The van der Waals surface area contributed by atoms with Crippen molar-refractivity contribution in [3.05, 3.63) is 0 Å². The lowest BCUT2D eigenvalue weighted by atomic mass is 10.2. The van der Waals surface area contributed by atoms with E-state index in [1.54, 1.807) is 0 Å². The van der Waals surface area contributed by atoms with Gasteiger partial charge in [0.1, 0.15) is 6.54 Å². The van der Waals surface area contributed by atoms with Crippen LogP contribution < -0.4 is 0 Å². The minimum Gasteiger partial charge on any atom is -0.480 e. The van der Waals surface area contributed by atoms with Gasteiger partial charge in [-0.3, -0.25) is 4.79 Å². The second kappa shape index (κ2) is 6.57. The Balaban J connectivity index is 2.05. The summed E-state index contributed by atoms with van der Waals surface area (Å²) in [5, 5.41) is 17.9. The molecular weight excluding hydrogens is 262 g/mol. The summed E-state index contributed by atoms with van der Waals surface area (Å²) >= 11 is 0. The number of urea groups is 1. The molecule has 2 fully saturated rings. The van der Waals surface area contributed by atoms with E-state index in [9.17, 15) is 9.59 Å². The second-order valence-electron chi connectivity index (χ2n) is 5.18. The highest BCUT2D eigenvalue weighted by molar-refractivity contribution is 5.80. The number of carboxylic acids is 1. The number of carbonyl (C=O) groups is 2. The number of aliphatic carboxylic acids is 1. The Kier molecular flexibility index (Phi) is 4.79. The molecule has 1 saturated carbocycles. The number of nitriles is 1. The fourth-order valence-electron chi connectivity index (χ4n) is 2.80. The zero-order valence-corrected chi connectivity index (χ0v) is 11.3. The van der Waals surface area contributed by atoms with Crippen LogP contribution in [0.15, 0.2) is 0 Å². The molecule has 0 aromatic heterocycles. The Morgan fingerprint density at radius 1 is 1.40 bits per heavy atom. The van der Waals surface area contributed by atoms with Gasteiger partial charge in [0.25, 0.3) is 0 Å². The van der Waals surface area contributed by atoms with E-state index >= 15 is 0 Å². The number of nitrogens with zero attached hydrogens (tertiary/aromatic N) is 3. The zero-order valence-electron chi connectivity index (χ0n) is 11.3. The van der Waals surface area contributed by atoms with Gasteiger partial charge in [-0.25, -0.2) is 4.79 Å². The molecule has 1 heterocycles. The van der Waals surface area contributed by atoms with Crippen LogP contribution in [0.25, 0.3) is 0 Å². The van der Waals surface area contributed by atoms with Gasteiger partial charge in [0.2, 0.25) is 0 Å². The molecule has 7 nitrogen and oxygen atoms in total. The van der Waals surface area contributed by atoms with Gasteiger partial charge in [-0.2, -0.15) is 5.26 Å². The number of hydrogen-bond donors (Lipinski definition) is 1. The quantitative estimate of drug-likeness (QED) is 0.820. The molecule has 0 radical (unpaired) electrons. The molecule has 2 amide bonds. The lowest BCUT2D eigenvalue weighted by Gasteiger charge is -2.36. The lowest BCUT2D eigenvalue weighted by Crippen LogP contribution is -2.54. The normalized spacial score (nSPS) is 23.4. The van der Waals surface area contributed by atoms with Crippen molar-refractivity contribution in [2.45, 2.75) is 37.8 Å². The SMILES string of the molecule is N#CC1CN(C(=O)N(CC(=O)O)C2CCCC2)CCO1. The lowest BCUT2D eigenvalue weighted by molar-refractivity contribution is -0.138. The Labute approximate surface area is 117 Å². The third-order valence-corrected chi connectivity index (χ3v) is 3.80. The van der Waals surface area contributed by atoms with Gasteiger partial charge >= 0.3 is 12.0 Å². The largest absolute Gasteiger partial charge is 0.480 e. The van der Waals surface area contributed by atoms with Crippen LogP contribution in [-0.2, 0) is 9.53 Å². The summed E-state index contributed by atoms with van der Waals surface area (Å²) in [7, 11) is 0. The highest BCUT2D eigenvalue weighted by Crippen LogP contribution is 2.24. The molecule has 0 aromatic rings. The van der Waals surface area contributed by atoms with Crippen LogP contribution in [0.4, 0.5) is 4.79 Å². The van der Waals surface area contributed by atoms with E-state index < -0.39 is 12.1 Å². The predicted molar refractivity (Wildman–Crippen MR) is 68.9 cm³/mol. The Morgan fingerprint density at radius 3 is 2.70 bits per heavy atom. The molecule has 1 atom stereocenters. The van der Waals surface area contributed by atoms with Crippen molar-refractivity contribution in [1.29, 1.82) is 5.26 Å². The molecule has 0 spiro atoms. The number of carbonyl (C=O) groups excluding carboxylic acids is 1. The van der Waals surface area contributed by atoms with Gasteiger partial charge in [0.15, 0.2) is 6.10 Å². The van der Waals surface area contributed by atoms with Crippen molar-refractivity contribution in [2.24, 2.45) is 0 Å². The highest BCUT2D eigenvalue weighted by Gasteiger charge is 2.33. The maximum absolute atomic E-state index is 12.5. The van der Waals surface area contributed by atoms with E-state index in [0.29, 0.717) is 13.2 Å². The van der Waals surface area contributed by atoms with Crippen molar-refractivity contribution in [2.75, 3.05) is 26.2 Å². The van der Waals surface area contributed by atoms with Gasteiger partial charge < -0.3 is 19.6 Å². The van der Waals surface area contributed by atoms with Crippen LogP contribution in [0.5, 0.6) is 0 Å². The maximum atomic E-state index is 12.5. The Bertz CT molecular complexity index is 414. The topological polar surface area (TPSA) is 93.9 Å². The zero-order chi connectivity index (χ0) is 14.5. The molecule has 0 bridgehead atoms. The average Bonchev–Trinajstić information content (AvgIpc) is 2.98.